The van der Waals surface area contributed by atoms with Gasteiger partial charge < -0.3 is 4.98 Å². The van der Waals surface area contributed by atoms with Gasteiger partial charge >= 0.3 is 0 Å². The number of rotatable bonds is 1. The highest BCUT2D eigenvalue weighted by Crippen LogP contribution is 2.23. The van der Waals surface area contributed by atoms with Gasteiger partial charge in [0.2, 0.25) is 0 Å². The van der Waals surface area contributed by atoms with Crippen molar-refractivity contribution in [2.24, 2.45) is 0 Å². The molecule has 1 aliphatic carbocycles. The van der Waals surface area contributed by atoms with Gasteiger partial charge in [-0.25, -0.2) is 4.98 Å². The lowest BCUT2D eigenvalue weighted by molar-refractivity contribution is 0.657. The summed E-state index contributed by atoms with van der Waals surface area (Å²) in [5.41, 5.74) is 5.32. The summed E-state index contributed by atoms with van der Waals surface area (Å²) in [7, 11) is 0. The van der Waals surface area contributed by atoms with Crippen LogP contribution >= 0.6 is 0 Å². The summed E-state index contributed by atoms with van der Waals surface area (Å²) in [5, 5.41) is 0. The molecule has 1 N–H and O–H groups in total. The highest BCUT2D eigenvalue weighted by molar-refractivity contribution is 5.60. The van der Waals surface area contributed by atoms with Crippen molar-refractivity contribution in [1.29, 1.82) is 0 Å². The molecule has 1 aromatic heterocycles. The van der Waals surface area contributed by atoms with Crippen LogP contribution in [-0.4, -0.2) is 9.97 Å². The molecule has 1 aliphatic rings. The molecule has 0 unspecified atom stereocenters. The highest BCUT2D eigenvalue weighted by atomic mass is 16.1. The SMILES string of the molecule is Cc1ccc(-c2nc3c(c(=O)[nH]2)CCCC3)c(C)c1. The molecular formula is C16H18N2O. The zero-order chi connectivity index (χ0) is 13.4. The lowest BCUT2D eigenvalue weighted by Gasteiger charge is -2.15. The van der Waals surface area contributed by atoms with Gasteiger partial charge in [0, 0.05) is 11.1 Å². The zero-order valence-corrected chi connectivity index (χ0v) is 11.4. The van der Waals surface area contributed by atoms with Crippen molar-refractivity contribution in [1.82, 2.24) is 9.97 Å². The maximum absolute atomic E-state index is 12.1. The van der Waals surface area contributed by atoms with Crippen molar-refractivity contribution in [3.8, 4) is 11.4 Å². The van der Waals surface area contributed by atoms with Crippen LogP contribution in [-0.2, 0) is 12.8 Å². The molecule has 0 bridgehead atoms. The van der Waals surface area contributed by atoms with E-state index in [2.05, 4.69) is 35.9 Å². The van der Waals surface area contributed by atoms with Crippen LogP contribution < -0.4 is 5.56 Å². The Bertz CT molecular complexity index is 686. The first kappa shape index (κ1) is 12.2. The Morgan fingerprint density at radius 3 is 2.74 bits per heavy atom. The van der Waals surface area contributed by atoms with E-state index in [0.717, 1.165) is 48.1 Å². The fourth-order valence-corrected chi connectivity index (χ4v) is 2.81. The van der Waals surface area contributed by atoms with Crippen LogP contribution in [0.3, 0.4) is 0 Å². The fourth-order valence-electron chi connectivity index (χ4n) is 2.81. The first-order chi connectivity index (χ1) is 9.15. The van der Waals surface area contributed by atoms with E-state index in [-0.39, 0.29) is 5.56 Å². The molecule has 0 aliphatic heterocycles. The van der Waals surface area contributed by atoms with E-state index in [0.29, 0.717) is 5.82 Å². The molecule has 0 fully saturated rings. The minimum absolute atomic E-state index is 0.0414. The first-order valence-corrected chi connectivity index (χ1v) is 6.85. The Kier molecular flexibility index (Phi) is 2.97. The quantitative estimate of drug-likeness (QED) is 0.850. The van der Waals surface area contributed by atoms with Gasteiger partial charge in [-0.2, -0.15) is 0 Å². The van der Waals surface area contributed by atoms with Crippen LogP contribution in [0.25, 0.3) is 11.4 Å². The lowest BCUT2D eigenvalue weighted by Crippen LogP contribution is -2.21. The molecule has 0 saturated heterocycles. The normalized spacial score (nSPS) is 14.2. The molecule has 1 heterocycles. The second-order valence-corrected chi connectivity index (χ2v) is 5.37. The van der Waals surface area contributed by atoms with Crippen LogP contribution in [0.2, 0.25) is 0 Å². The molecule has 3 heteroatoms. The first-order valence-electron chi connectivity index (χ1n) is 6.85. The lowest BCUT2D eigenvalue weighted by atomic mass is 9.96. The van der Waals surface area contributed by atoms with E-state index >= 15 is 0 Å². The maximum atomic E-state index is 12.1. The van der Waals surface area contributed by atoms with Gasteiger partial charge in [-0.3, -0.25) is 4.79 Å². The average molecular weight is 254 g/mol. The molecule has 0 amide bonds. The standard InChI is InChI=1S/C16H18N2O/c1-10-7-8-12(11(2)9-10)15-17-14-6-4-3-5-13(14)16(19)18-15/h7-9H,3-6H2,1-2H3,(H,17,18,19). The van der Waals surface area contributed by atoms with Gasteiger partial charge in [0.05, 0.1) is 5.69 Å². The molecule has 0 atom stereocenters. The molecule has 98 valence electrons. The van der Waals surface area contributed by atoms with E-state index in [9.17, 15) is 4.79 Å². The van der Waals surface area contributed by atoms with E-state index < -0.39 is 0 Å². The molecular weight excluding hydrogens is 236 g/mol. The Hall–Kier alpha value is -1.90. The predicted molar refractivity (Wildman–Crippen MR) is 76.4 cm³/mol. The molecule has 3 rings (SSSR count). The van der Waals surface area contributed by atoms with E-state index in [1.165, 1.54) is 5.56 Å². The monoisotopic (exact) mass is 254 g/mol. The second-order valence-electron chi connectivity index (χ2n) is 5.37. The van der Waals surface area contributed by atoms with Crippen LogP contribution in [0.4, 0.5) is 0 Å². The molecule has 19 heavy (non-hydrogen) atoms. The van der Waals surface area contributed by atoms with Gasteiger partial charge in [0.1, 0.15) is 5.82 Å². The van der Waals surface area contributed by atoms with Crippen LogP contribution in [0.15, 0.2) is 23.0 Å². The smallest absolute Gasteiger partial charge is 0.254 e. The third kappa shape index (κ3) is 2.21. The average Bonchev–Trinajstić information content (AvgIpc) is 2.38. The van der Waals surface area contributed by atoms with Crippen molar-refractivity contribution >= 4 is 0 Å². The predicted octanol–water partition coefficient (Wildman–Crippen LogP) is 2.93. The Balaban J connectivity index is 2.15. The van der Waals surface area contributed by atoms with E-state index in [4.69, 9.17) is 0 Å². The van der Waals surface area contributed by atoms with Crippen molar-refractivity contribution in [3.63, 3.8) is 0 Å². The summed E-state index contributed by atoms with van der Waals surface area (Å²) in [6.45, 7) is 4.13. The summed E-state index contributed by atoms with van der Waals surface area (Å²) in [4.78, 5) is 19.8. The number of fused-ring (bicyclic) bond motifs is 1. The number of aromatic amines is 1. The second kappa shape index (κ2) is 4.65. The number of aryl methyl sites for hydroxylation is 3. The maximum Gasteiger partial charge on any atom is 0.254 e. The Labute approximate surface area is 112 Å². The Morgan fingerprint density at radius 2 is 1.95 bits per heavy atom. The number of hydrogen-bond acceptors (Lipinski definition) is 2. The van der Waals surface area contributed by atoms with E-state index in [1.807, 2.05) is 6.07 Å². The fraction of sp³-hybridized carbons (Fsp3) is 0.375. The zero-order valence-electron chi connectivity index (χ0n) is 11.4. The molecule has 2 aromatic rings. The van der Waals surface area contributed by atoms with Crippen molar-refractivity contribution < 1.29 is 0 Å². The Morgan fingerprint density at radius 1 is 1.16 bits per heavy atom. The van der Waals surface area contributed by atoms with Gasteiger partial charge in [-0.1, -0.05) is 23.8 Å². The topological polar surface area (TPSA) is 45.8 Å². The van der Waals surface area contributed by atoms with Gasteiger partial charge in [0.15, 0.2) is 0 Å². The van der Waals surface area contributed by atoms with Crippen LogP contribution in [0, 0.1) is 13.8 Å². The van der Waals surface area contributed by atoms with Gasteiger partial charge in [0.25, 0.3) is 5.56 Å². The number of H-pyrrole nitrogens is 1. The summed E-state index contributed by atoms with van der Waals surface area (Å²) in [6, 6.07) is 6.22. The summed E-state index contributed by atoms with van der Waals surface area (Å²) < 4.78 is 0. The third-order valence-corrected chi connectivity index (χ3v) is 3.83. The van der Waals surface area contributed by atoms with E-state index in [1.54, 1.807) is 0 Å². The number of benzene rings is 1. The number of nitrogens with one attached hydrogen (secondary N) is 1. The summed E-state index contributed by atoms with van der Waals surface area (Å²) >= 11 is 0. The van der Waals surface area contributed by atoms with Gasteiger partial charge in [-0.05, 0) is 45.1 Å². The molecule has 0 radical (unpaired) electrons. The number of hydrogen-bond donors (Lipinski definition) is 1. The largest absolute Gasteiger partial charge is 0.306 e. The van der Waals surface area contributed by atoms with Gasteiger partial charge in [-0.15, -0.1) is 0 Å². The van der Waals surface area contributed by atoms with Crippen LogP contribution in [0.5, 0.6) is 0 Å². The highest BCUT2D eigenvalue weighted by Gasteiger charge is 2.16. The minimum Gasteiger partial charge on any atom is -0.306 e. The summed E-state index contributed by atoms with van der Waals surface area (Å²) in [6.07, 6.45) is 4.03. The molecule has 1 aromatic carbocycles. The molecule has 0 saturated carbocycles. The van der Waals surface area contributed by atoms with Crippen LogP contribution in [0.1, 0.15) is 35.2 Å². The number of nitrogens with zero attached hydrogens (tertiary/aromatic N) is 1. The van der Waals surface area contributed by atoms with Crippen molar-refractivity contribution in [2.75, 3.05) is 0 Å². The molecule has 3 nitrogen and oxygen atoms in total. The minimum atomic E-state index is 0.0414. The van der Waals surface area contributed by atoms with Crippen molar-refractivity contribution in [2.45, 2.75) is 39.5 Å². The third-order valence-electron chi connectivity index (χ3n) is 3.83. The summed E-state index contributed by atoms with van der Waals surface area (Å²) in [5.74, 6) is 0.711. The number of aromatic nitrogens is 2. The van der Waals surface area contributed by atoms with Crippen molar-refractivity contribution in [3.05, 3.63) is 50.9 Å². The molecule has 0 spiro atoms.